The SMILES string of the molecule is NCCC[C@H](N)C(=O)NC[C@@H]1NC(=O)[C@H](CO)NC(=O)[C@@H](N)CNC(=O)[C@H]([C@H]2CCNC(N)=N2)NC(=O)/C(=C/NC(N)=O)NC1=O. The van der Waals surface area contributed by atoms with Crippen LogP contribution in [0.1, 0.15) is 19.3 Å². The van der Waals surface area contributed by atoms with Crippen molar-refractivity contribution < 1.29 is 38.7 Å². The summed E-state index contributed by atoms with van der Waals surface area (Å²) in [5.41, 5.74) is 27.4. The first-order chi connectivity index (χ1) is 21.8. The van der Waals surface area contributed by atoms with Crippen molar-refractivity contribution in [3.63, 3.8) is 0 Å². The smallest absolute Gasteiger partial charge is 0.316 e. The van der Waals surface area contributed by atoms with Gasteiger partial charge in [0.15, 0.2) is 5.96 Å². The maximum absolute atomic E-state index is 13.4. The van der Waals surface area contributed by atoms with Crippen LogP contribution in [0, 0.1) is 0 Å². The highest BCUT2D eigenvalue weighted by molar-refractivity contribution is 6.02. The zero-order valence-electron chi connectivity index (χ0n) is 24.8. The van der Waals surface area contributed by atoms with E-state index in [9.17, 15) is 38.7 Å². The maximum atomic E-state index is 13.4. The fourth-order valence-corrected chi connectivity index (χ4v) is 4.13. The second-order valence-electron chi connectivity index (χ2n) is 10.2. The van der Waals surface area contributed by atoms with Gasteiger partial charge >= 0.3 is 6.03 Å². The van der Waals surface area contributed by atoms with Crippen molar-refractivity contribution in [3.8, 4) is 0 Å². The lowest BCUT2D eigenvalue weighted by atomic mass is 10.0. The van der Waals surface area contributed by atoms with Gasteiger partial charge in [-0.05, 0) is 25.8 Å². The molecule has 2 aliphatic heterocycles. The van der Waals surface area contributed by atoms with Gasteiger partial charge in [0.05, 0.1) is 18.7 Å². The Labute approximate surface area is 262 Å². The minimum atomic E-state index is -1.65. The van der Waals surface area contributed by atoms with Gasteiger partial charge in [0, 0.05) is 25.8 Å². The van der Waals surface area contributed by atoms with Crippen LogP contribution in [-0.4, -0.2) is 122 Å². The van der Waals surface area contributed by atoms with Crippen molar-refractivity contribution in [2.75, 3.05) is 32.8 Å². The molecule has 0 aliphatic carbocycles. The molecule has 0 aromatic rings. The van der Waals surface area contributed by atoms with Crippen LogP contribution in [0.4, 0.5) is 4.79 Å². The molecule has 0 radical (unpaired) electrons. The summed E-state index contributed by atoms with van der Waals surface area (Å²) in [5.74, 6) is -5.81. The number of nitrogens with two attached hydrogens (primary N) is 5. The second-order valence-corrected chi connectivity index (χ2v) is 10.2. The Balaban J connectivity index is 2.50. The molecule has 0 aromatic carbocycles. The van der Waals surface area contributed by atoms with Gasteiger partial charge in [0.25, 0.3) is 5.91 Å². The molecule has 0 bridgehead atoms. The average Bonchev–Trinajstić information content (AvgIpc) is 3.02. The Kier molecular flexibility index (Phi) is 14.6. The van der Waals surface area contributed by atoms with Gasteiger partial charge in [-0.3, -0.25) is 28.8 Å². The third-order valence-corrected chi connectivity index (χ3v) is 6.68. The molecule has 22 heteroatoms. The monoisotopic (exact) mass is 654 g/mol. The number of rotatable bonds is 9. The minimum absolute atomic E-state index is 0.0144. The number of aliphatic hydroxyl groups excluding tert-OH is 1. The first-order valence-corrected chi connectivity index (χ1v) is 14.2. The predicted octanol–water partition coefficient (Wildman–Crippen LogP) is -8.62. The summed E-state index contributed by atoms with van der Waals surface area (Å²) in [4.78, 5) is 93.9. The fraction of sp³-hybridized carbons (Fsp3) is 0.583. The molecule has 6 atom stereocenters. The van der Waals surface area contributed by atoms with E-state index in [4.69, 9.17) is 28.7 Å². The van der Waals surface area contributed by atoms with Crippen LogP contribution in [0.3, 0.4) is 0 Å². The molecule has 22 nitrogen and oxygen atoms in total. The molecular weight excluding hydrogens is 612 g/mol. The highest BCUT2D eigenvalue weighted by atomic mass is 16.3. The summed E-state index contributed by atoms with van der Waals surface area (Å²) in [5, 5.41) is 28.5. The molecule has 0 saturated carbocycles. The molecule has 19 N–H and O–H groups in total. The van der Waals surface area contributed by atoms with E-state index >= 15 is 0 Å². The molecule has 256 valence electrons. The van der Waals surface area contributed by atoms with E-state index in [1.807, 2.05) is 5.32 Å². The van der Waals surface area contributed by atoms with E-state index < -0.39 is 103 Å². The molecule has 2 rings (SSSR count). The van der Waals surface area contributed by atoms with E-state index in [-0.39, 0.29) is 31.9 Å². The molecule has 0 aromatic heterocycles. The largest absolute Gasteiger partial charge is 0.394 e. The molecule has 8 amide bonds. The number of hydrogen-bond donors (Lipinski definition) is 14. The highest BCUT2D eigenvalue weighted by Crippen LogP contribution is 2.09. The van der Waals surface area contributed by atoms with Crippen molar-refractivity contribution in [2.24, 2.45) is 33.7 Å². The van der Waals surface area contributed by atoms with Crippen LogP contribution in [0.15, 0.2) is 16.9 Å². The second kappa shape index (κ2) is 18.0. The van der Waals surface area contributed by atoms with Crippen LogP contribution in [0.25, 0.3) is 0 Å². The van der Waals surface area contributed by atoms with E-state index in [1.54, 1.807) is 0 Å². The van der Waals surface area contributed by atoms with Crippen LogP contribution in [0.2, 0.25) is 0 Å². The van der Waals surface area contributed by atoms with Gasteiger partial charge in [-0.1, -0.05) is 0 Å². The summed E-state index contributed by atoms with van der Waals surface area (Å²) in [6.07, 6.45) is 1.61. The minimum Gasteiger partial charge on any atom is -0.394 e. The number of primary amides is 1. The molecule has 46 heavy (non-hydrogen) atoms. The number of hydrogen-bond acceptors (Lipinski definition) is 14. The van der Waals surface area contributed by atoms with Crippen LogP contribution < -0.4 is 71.2 Å². The quantitative estimate of drug-likeness (QED) is 0.103. The first kappa shape index (κ1) is 37.1. The predicted molar refractivity (Wildman–Crippen MR) is 160 cm³/mol. The van der Waals surface area contributed by atoms with Crippen LogP contribution in [0.5, 0.6) is 0 Å². The van der Waals surface area contributed by atoms with Gasteiger partial charge in [-0.15, -0.1) is 0 Å². The van der Waals surface area contributed by atoms with E-state index in [2.05, 4.69) is 42.2 Å². The number of amides is 8. The normalized spacial score (nSPS) is 26.6. The molecule has 2 heterocycles. The summed E-state index contributed by atoms with van der Waals surface area (Å²) in [7, 11) is 0. The Morgan fingerprint density at radius 1 is 1.02 bits per heavy atom. The number of aliphatic hydroxyl groups is 1. The number of urea groups is 1. The fourth-order valence-electron chi connectivity index (χ4n) is 4.13. The molecular formula is C24H42N14O8. The lowest BCUT2D eigenvalue weighted by Crippen LogP contribution is -2.62. The number of carbonyl (C=O) groups excluding carboxylic acids is 7. The Morgan fingerprint density at radius 2 is 1.72 bits per heavy atom. The van der Waals surface area contributed by atoms with E-state index in [0.717, 1.165) is 6.20 Å². The molecule has 2 aliphatic rings. The van der Waals surface area contributed by atoms with Gasteiger partial charge in [0.2, 0.25) is 29.5 Å². The Bertz CT molecular complexity index is 1230. The molecule has 1 saturated heterocycles. The van der Waals surface area contributed by atoms with Gasteiger partial charge in [-0.25, -0.2) is 9.79 Å². The zero-order valence-corrected chi connectivity index (χ0v) is 24.8. The van der Waals surface area contributed by atoms with Crippen molar-refractivity contribution in [3.05, 3.63) is 11.9 Å². The van der Waals surface area contributed by atoms with Crippen LogP contribution >= 0.6 is 0 Å². The van der Waals surface area contributed by atoms with Crippen molar-refractivity contribution in [1.29, 1.82) is 0 Å². The molecule has 1 fully saturated rings. The lowest BCUT2D eigenvalue weighted by molar-refractivity contribution is -0.134. The lowest BCUT2D eigenvalue weighted by Gasteiger charge is -2.29. The summed E-state index contributed by atoms with van der Waals surface area (Å²) in [6.45, 7) is -1.42. The Hall–Kier alpha value is -5.06. The summed E-state index contributed by atoms with van der Waals surface area (Å²) >= 11 is 0. The van der Waals surface area contributed by atoms with Crippen molar-refractivity contribution in [2.45, 2.75) is 55.5 Å². The third kappa shape index (κ3) is 11.5. The van der Waals surface area contributed by atoms with Crippen molar-refractivity contribution in [1.82, 2.24) is 42.5 Å². The summed E-state index contributed by atoms with van der Waals surface area (Å²) < 4.78 is 0. The standard InChI is InChI=1S/C24H42N14O8/c25-4-1-2-10(26)17(40)32-7-13-19(42)34-14(8-33-24(29)46)20(43)38-16(12-3-5-30-23(28)37-12)22(45)31-6-11(27)18(41)36-15(9-39)21(44)35-13/h8,10-13,15-16,39H,1-7,9,25-27H2,(H,31,45)(H,32,40)(H,34,42)(H,35,44)(H,36,41)(H,38,43)(H3,28,30,37)(H3,29,33,46)/b14-8-/t10-,11-,12+,13-,15-,16-/m0/s1. The number of aliphatic imine (C=N–C) groups is 1. The third-order valence-electron chi connectivity index (χ3n) is 6.68. The maximum Gasteiger partial charge on any atom is 0.316 e. The number of carbonyl (C=O) groups is 7. The first-order valence-electron chi connectivity index (χ1n) is 14.2. The van der Waals surface area contributed by atoms with Gasteiger partial charge in [0.1, 0.15) is 29.9 Å². The average molecular weight is 655 g/mol. The van der Waals surface area contributed by atoms with Gasteiger partial charge < -0.3 is 76.3 Å². The Morgan fingerprint density at radius 3 is 2.35 bits per heavy atom. The van der Waals surface area contributed by atoms with E-state index in [0.29, 0.717) is 6.42 Å². The van der Waals surface area contributed by atoms with Gasteiger partial charge in [-0.2, -0.15) is 0 Å². The topological polar surface area (TPSA) is 378 Å². The highest BCUT2D eigenvalue weighted by Gasteiger charge is 2.35. The van der Waals surface area contributed by atoms with Crippen molar-refractivity contribution >= 4 is 47.4 Å². The molecule has 0 spiro atoms. The van der Waals surface area contributed by atoms with Crippen LogP contribution in [-0.2, 0) is 28.8 Å². The number of nitrogens with one attached hydrogen (secondary N) is 8. The summed E-state index contributed by atoms with van der Waals surface area (Å²) in [6, 6.07) is -9.18. The zero-order chi connectivity index (χ0) is 34.4. The van der Waals surface area contributed by atoms with E-state index in [1.165, 1.54) is 0 Å². The molecule has 0 unspecified atom stereocenters. The number of nitrogens with zero attached hydrogens (tertiary/aromatic N) is 1. The number of guanidine groups is 1.